The number of anilines is 1. The molecule has 1 aliphatic rings. The summed E-state index contributed by atoms with van der Waals surface area (Å²) in [4.78, 5) is 14.2. The van der Waals surface area contributed by atoms with Crippen molar-refractivity contribution >= 4 is 22.4 Å². The second kappa shape index (κ2) is 8.27. The molecule has 0 radical (unpaired) electrons. The van der Waals surface area contributed by atoms with E-state index in [1.54, 1.807) is 0 Å². The molecule has 1 unspecified atom stereocenters. The van der Waals surface area contributed by atoms with E-state index >= 15 is 0 Å². The number of rotatable bonds is 6. The summed E-state index contributed by atoms with van der Waals surface area (Å²) < 4.78 is 11.4. The summed E-state index contributed by atoms with van der Waals surface area (Å²) in [6.45, 7) is 3.70. The van der Waals surface area contributed by atoms with Crippen LogP contribution in [-0.2, 0) is 14.3 Å². The van der Waals surface area contributed by atoms with Gasteiger partial charge in [-0.25, -0.2) is 0 Å². The fourth-order valence-electron chi connectivity index (χ4n) is 3.05. The number of hydrogen-bond acceptors (Lipinski definition) is 3. The molecule has 0 saturated carbocycles. The summed E-state index contributed by atoms with van der Waals surface area (Å²) in [6.07, 6.45) is 3.56. The molecule has 4 heteroatoms. The maximum absolute atomic E-state index is 12.4. The van der Waals surface area contributed by atoms with Crippen molar-refractivity contribution in [2.45, 2.75) is 38.9 Å². The molecule has 0 N–H and O–H groups in total. The van der Waals surface area contributed by atoms with Crippen LogP contribution >= 0.6 is 0 Å². The molecule has 3 rings (SSSR count). The van der Waals surface area contributed by atoms with Crippen molar-refractivity contribution in [3.05, 3.63) is 42.5 Å². The molecule has 1 fully saturated rings. The maximum atomic E-state index is 12.4. The normalized spacial score (nSPS) is 17.8. The van der Waals surface area contributed by atoms with Crippen molar-refractivity contribution in [2.24, 2.45) is 0 Å². The quantitative estimate of drug-likeness (QED) is 0.801. The Morgan fingerprint density at radius 3 is 2.79 bits per heavy atom. The molecule has 0 bridgehead atoms. The van der Waals surface area contributed by atoms with Crippen molar-refractivity contribution in [1.82, 2.24) is 0 Å². The van der Waals surface area contributed by atoms with E-state index in [-0.39, 0.29) is 12.2 Å². The Hall–Kier alpha value is -1.91. The zero-order valence-corrected chi connectivity index (χ0v) is 14.2. The van der Waals surface area contributed by atoms with Crippen molar-refractivity contribution in [3.8, 4) is 0 Å². The molecule has 0 aromatic heterocycles. The number of carbonyl (C=O) groups excluding carboxylic acids is 1. The van der Waals surface area contributed by atoms with Crippen LogP contribution in [0, 0.1) is 0 Å². The summed E-state index contributed by atoms with van der Waals surface area (Å²) >= 11 is 0. The summed E-state index contributed by atoms with van der Waals surface area (Å²) in [5.74, 6) is 0.110. The van der Waals surface area contributed by atoms with E-state index in [1.807, 2.05) is 30.0 Å². The molecule has 1 heterocycles. The topological polar surface area (TPSA) is 38.8 Å². The minimum absolute atomic E-state index is 0.110. The van der Waals surface area contributed by atoms with Crippen LogP contribution in [0.15, 0.2) is 42.5 Å². The van der Waals surface area contributed by atoms with Crippen LogP contribution in [-0.4, -0.2) is 32.0 Å². The number of benzene rings is 2. The lowest BCUT2D eigenvalue weighted by Crippen LogP contribution is -2.35. The van der Waals surface area contributed by atoms with Gasteiger partial charge in [0.05, 0.1) is 6.61 Å². The summed E-state index contributed by atoms with van der Waals surface area (Å²) in [7, 11) is 0. The first-order valence-electron chi connectivity index (χ1n) is 8.80. The predicted molar refractivity (Wildman–Crippen MR) is 96.1 cm³/mol. The van der Waals surface area contributed by atoms with Crippen molar-refractivity contribution in [1.29, 1.82) is 0 Å². The van der Waals surface area contributed by atoms with E-state index in [0.717, 1.165) is 36.9 Å². The van der Waals surface area contributed by atoms with Gasteiger partial charge in [-0.1, -0.05) is 37.3 Å². The second-order valence-corrected chi connectivity index (χ2v) is 6.10. The van der Waals surface area contributed by atoms with E-state index in [9.17, 15) is 4.79 Å². The van der Waals surface area contributed by atoms with Crippen molar-refractivity contribution < 1.29 is 14.3 Å². The first-order chi connectivity index (χ1) is 11.8. The lowest BCUT2D eigenvalue weighted by Gasteiger charge is -2.26. The van der Waals surface area contributed by atoms with Gasteiger partial charge in [0, 0.05) is 25.3 Å². The molecular formula is C20H25NO3. The fraction of sp³-hybridized carbons (Fsp3) is 0.450. The van der Waals surface area contributed by atoms with Gasteiger partial charge < -0.3 is 14.4 Å². The fourth-order valence-corrected chi connectivity index (χ4v) is 3.05. The van der Waals surface area contributed by atoms with Gasteiger partial charge in [0.25, 0.3) is 0 Å². The monoisotopic (exact) mass is 327 g/mol. The molecule has 1 amide bonds. The lowest BCUT2D eigenvalue weighted by molar-refractivity contribution is -0.161. The van der Waals surface area contributed by atoms with Crippen LogP contribution in [0.25, 0.3) is 10.8 Å². The molecular weight excluding hydrogens is 302 g/mol. The smallest absolute Gasteiger partial charge is 0.226 e. The first-order valence-corrected chi connectivity index (χ1v) is 8.80. The lowest BCUT2D eigenvalue weighted by atomic mass is 10.1. The highest BCUT2D eigenvalue weighted by molar-refractivity contribution is 5.96. The molecule has 0 spiro atoms. The molecule has 1 aliphatic heterocycles. The van der Waals surface area contributed by atoms with Gasteiger partial charge in [0.15, 0.2) is 6.29 Å². The zero-order valence-electron chi connectivity index (χ0n) is 14.2. The van der Waals surface area contributed by atoms with E-state index in [1.165, 1.54) is 5.39 Å². The minimum Gasteiger partial charge on any atom is -0.353 e. The Balaban J connectivity index is 1.69. The minimum atomic E-state index is -0.117. The highest BCUT2D eigenvalue weighted by Gasteiger charge is 2.17. The second-order valence-electron chi connectivity index (χ2n) is 6.10. The Morgan fingerprint density at radius 2 is 2.04 bits per heavy atom. The van der Waals surface area contributed by atoms with Gasteiger partial charge in [-0.05, 0) is 42.2 Å². The summed E-state index contributed by atoms with van der Waals surface area (Å²) in [6, 6.07) is 14.3. The Bertz CT molecular complexity index is 679. The zero-order chi connectivity index (χ0) is 16.8. The summed E-state index contributed by atoms with van der Waals surface area (Å²) in [5.41, 5.74) is 0.925. The van der Waals surface area contributed by atoms with Gasteiger partial charge in [0.1, 0.15) is 0 Å². The van der Waals surface area contributed by atoms with Gasteiger partial charge in [0.2, 0.25) is 5.91 Å². The average molecular weight is 327 g/mol. The standard InChI is InChI=1S/C20H25NO3/c1-2-19(22)21(12-14-24-20-9-5-6-13-23-20)18-11-10-16-7-3-4-8-17(16)15-18/h3-4,7-8,10-11,15,20H,2,5-6,9,12-14H2,1H3. The van der Waals surface area contributed by atoms with Crippen LogP contribution in [0.2, 0.25) is 0 Å². The molecule has 4 nitrogen and oxygen atoms in total. The van der Waals surface area contributed by atoms with Gasteiger partial charge in [-0.3, -0.25) is 4.79 Å². The molecule has 128 valence electrons. The third-order valence-electron chi connectivity index (χ3n) is 4.40. The molecule has 2 aromatic rings. The van der Waals surface area contributed by atoms with Crippen LogP contribution in [0.5, 0.6) is 0 Å². The Labute approximate surface area is 143 Å². The molecule has 2 aromatic carbocycles. The maximum Gasteiger partial charge on any atom is 0.226 e. The number of carbonyl (C=O) groups is 1. The largest absolute Gasteiger partial charge is 0.353 e. The highest BCUT2D eigenvalue weighted by Crippen LogP contribution is 2.23. The summed E-state index contributed by atoms with van der Waals surface area (Å²) in [5, 5.41) is 2.32. The van der Waals surface area contributed by atoms with Crippen LogP contribution in [0.1, 0.15) is 32.6 Å². The number of ether oxygens (including phenoxy) is 2. The van der Waals surface area contributed by atoms with E-state index in [4.69, 9.17) is 9.47 Å². The number of amides is 1. The number of nitrogens with zero attached hydrogens (tertiary/aromatic N) is 1. The van der Waals surface area contributed by atoms with Gasteiger partial charge >= 0.3 is 0 Å². The van der Waals surface area contributed by atoms with Crippen LogP contribution < -0.4 is 4.90 Å². The average Bonchev–Trinajstić information content (AvgIpc) is 2.65. The Kier molecular flexibility index (Phi) is 5.83. The highest BCUT2D eigenvalue weighted by atomic mass is 16.7. The van der Waals surface area contributed by atoms with Crippen LogP contribution in [0.3, 0.4) is 0 Å². The number of hydrogen-bond donors (Lipinski definition) is 0. The van der Waals surface area contributed by atoms with Crippen molar-refractivity contribution in [2.75, 3.05) is 24.7 Å². The third-order valence-corrected chi connectivity index (χ3v) is 4.40. The predicted octanol–water partition coefficient (Wildman–Crippen LogP) is 4.13. The van der Waals surface area contributed by atoms with Gasteiger partial charge in [-0.2, -0.15) is 0 Å². The van der Waals surface area contributed by atoms with E-state index in [2.05, 4.69) is 24.3 Å². The molecule has 0 aliphatic carbocycles. The third kappa shape index (κ3) is 4.13. The van der Waals surface area contributed by atoms with Crippen LogP contribution in [0.4, 0.5) is 5.69 Å². The first kappa shape index (κ1) is 16.9. The van der Waals surface area contributed by atoms with E-state index in [0.29, 0.717) is 19.6 Å². The number of fused-ring (bicyclic) bond motifs is 1. The van der Waals surface area contributed by atoms with Gasteiger partial charge in [-0.15, -0.1) is 0 Å². The molecule has 24 heavy (non-hydrogen) atoms. The van der Waals surface area contributed by atoms with Crippen molar-refractivity contribution in [3.63, 3.8) is 0 Å². The SMILES string of the molecule is CCC(=O)N(CCOC1CCCCO1)c1ccc2ccccc2c1. The molecule has 1 saturated heterocycles. The Morgan fingerprint density at radius 1 is 1.21 bits per heavy atom. The molecule has 1 atom stereocenters. The van der Waals surface area contributed by atoms with E-state index < -0.39 is 0 Å².